The molecule has 5 N–H and O–H groups in total. The minimum absolute atomic E-state index is 0.0347. The molecule has 0 saturated carbocycles. The summed E-state index contributed by atoms with van der Waals surface area (Å²) in [5, 5.41) is 26.7. The van der Waals surface area contributed by atoms with Gasteiger partial charge in [0.25, 0.3) is 0 Å². The fraction of sp³-hybridized carbons (Fsp3) is 0.0476. The lowest BCUT2D eigenvalue weighted by molar-refractivity contribution is 0.111. The highest BCUT2D eigenvalue weighted by Gasteiger charge is 1.94. The number of carbonyl (C=O) groups excluding carboxylic acids is 2. The summed E-state index contributed by atoms with van der Waals surface area (Å²) in [4.78, 5) is 20.1. The lowest BCUT2D eigenvalue weighted by atomic mass is 10.2. The van der Waals surface area contributed by atoms with Crippen LogP contribution in [-0.4, -0.2) is 27.9 Å². The zero-order chi connectivity index (χ0) is 20.2. The summed E-state index contributed by atoms with van der Waals surface area (Å²) < 4.78 is 0. The Kier molecular flexibility index (Phi) is 8.61. The van der Waals surface area contributed by atoms with E-state index in [1.54, 1.807) is 48.5 Å². The van der Waals surface area contributed by atoms with Crippen molar-refractivity contribution in [3.8, 4) is 17.2 Å². The minimum Gasteiger partial charge on any atom is -0.507 e. The number of hydrogen-bond acceptors (Lipinski definition) is 6. The number of phenols is 3. The predicted molar refractivity (Wildman–Crippen MR) is 104 cm³/mol. The monoisotopic (exact) mass is 367 g/mol. The SMILES string of the molecule is Cc1ccc(N)c(O)c1.O=Cc1ccccc1O.O=Cc1ccccc1O. The van der Waals surface area contributed by atoms with E-state index < -0.39 is 0 Å². The van der Waals surface area contributed by atoms with Crippen LogP contribution in [0.4, 0.5) is 5.69 Å². The van der Waals surface area contributed by atoms with Crippen molar-refractivity contribution >= 4 is 18.3 Å². The number of anilines is 1. The van der Waals surface area contributed by atoms with Gasteiger partial charge in [-0.3, -0.25) is 9.59 Å². The second-order valence-electron chi connectivity index (χ2n) is 5.42. The molecule has 0 aliphatic heterocycles. The number of carbonyl (C=O) groups is 2. The largest absolute Gasteiger partial charge is 0.507 e. The molecular formula is C21H21NO5. The van der Waals surface area contributed by atoms with Gasteiger partial charge in [-0.05, 0) is 48.9 Å². The predicted octanol–water partition coefficient (Wildman–Crippen LogP) is 3.69. The third-order valence-corrected chi connectivity index (χ3v) is 3.31. The van der Waals surface area contributed by atoms with Crippen LogP contribution in [0.5, 0.6) is 17.2 Å². The van der Waals surface area contributed by atoms with Crippen molar-refractivity contribution in [3.63, 3.8) is 0 Å². The van der Waals surface area contributed by atoms with Crippen molar-refractivity contribution < 1.29 is 24.9 Å². The fourth-order valence-electron chi connectivity index (χ4n) is 1.83. The molecule has 3 rings (SSSR count). The van der Waals surface area contributed by atoms with Crippen molar-refractivity contribution in [1.29, 1.82) is 0 Å². The van der Waals surface area contributed by atoms with Crippen molar-refractivity contribution in [2.75, 3.05) is 5.73 Å². The number of nitrogen functional groups attached to an aromatic ring is 1. The maximum atomic E-state index is 10.1. The van der Waals surface area contributed by atoms with Gasteiger partial charge in [0, 0.05) is 0 Å². The Morgan fingerprint density at radius 2 is 1.15 bits per heavy atom. The zero-order valence-electron chi connectivity index (χ0n) is 14.7. The fourth-order valence-corrected chi connectivity index (χ4v) is 1.83. The third kappa shape index (κ3) is 7.31. The molecule has 0 aromatic heterocycles. The lowest BCUT2D eigenvalue weighted by Crippen LogP contribution is -1.84. The highest BCUT2D eigenvalue weighted by Crippen LogP contribution is 2.19. The summed E-state index contributed by atoms with van der Waals surface area (Å²) in [5.74, 6) is 0.231. The van der Waals surface area contributed by atoms with E-state index in [-0.39, 0.29) is 17.2 Å². The molecule has 0 heterocycles. The van der Waals surface area contributed by atoms with Gasteiger partial charge in [-0.1, -0.05) is 30.3 Å². The molecule has 0 spiro atoms. The molecule has 0 bridgehead atoms. The number of benzene rings is 3. The van der Waals surface area contributed by atoms with E-state index >= 15 is 0 Å². The molecule has 6 nitrogen and oxygen atoms in total. The van der Waals surface area contributed by atoms with Gasteiger partial charge in [-0.25, -0.2) is 0 Å². The molecular weight excluding hydrogens is 346 g/mol. The van der Waals surface area contributed by atoms with E-state index in [4.69, 9.17) is 21.1 Å². The summed E-state index contributed by atoms with van der Waals surface area (Å²) in [6.07, 6.45) is 1.24. The molecule has 3 aromatic carbocycles. The van der Waals surface area contributed by atoms with Crippen LogP contribution < -0.4 is 5.73 Å². The second kappa shape index (κ2) is 10.9. The molecule has 0 saturated heterocycles. The average Bonchev–Trinajstić information content (AvgIpc) is 2.67. The first kappa shape index (κ1) is 21.2. The van der Waals surface area contributed by atoms with Crippen molar-refractivity contribution in [3.05, 3.63) is 83.4 Å². The first-order valence-corrected chi connectivity index (χ1v) is 7.90. The summed E-state index contributed by atoms with van der Waals surface area (Å²) in [5.41, 5.74) is 7.45. The Hall–Kier alpha value is -3.80. The van der Waals surface area contributed by atoms with Gasteiger partial charge in [0.15, 0.2) is 12.6 Å². The van der Waals surface area contributed by atoms with Crippen LogP contribution >= 0.6 is 0 Å². The number of rotatable bonds is 2. The van der Waals surface area contributed by atoms with Gasteiger partial charge in [0.1, 0.15) is 17.2 Å². The van der Waals surface area contributed by atoms with Crippen LogP contribution in [-0.2, 0) is 0 Å². The van der Waals surface area contributed by atoms with Gasteiger partial charge < -0.3 is 21.1 Å². The van der Waals surface area contributed by atoms with Gasteiger partial charge >= 0.3 is 0 Å². The molecule has 6 heteroatoms. The molecule has 0 fully saturated rings. The Balaban J connectivity index is 0.000000202. The maximum Gasteiger partial charge on any atom is 0.153 e. The number of aryl methyl sites for hydroxylation is 1. The number of nitrogens with two attached hydrogens (primary N) is 1. The average molecular weight is 367 g/mol. The van der Waals surface area contributed by atoms with E-state index in [0.29, 0.717) is 29.4 Å². The Labute approximate surface area is 157 Å². The smallest absolute Gasteiger partial charge is 0.153 e. The van der Waals surface area contributed by atoms with Crippen LogP contribution in [0, 0.1) is 6.92 Å². The molecule has 140 valence electrons. The second-order valence-corrected chi connectivity index (χ2v) is 5.42. The van der Waals surface area contributed by atoms with Crippen LogP contribution in [0.2, 0.25) is 0 Å². The molecule has 27 heavy (non-hydrogen) atoms. The Morgan fingerprint density at radius 1 is 0.704 bits per heavy atom. The molecule has 0 atom stereocenters. The van der Waals surface area contributed by atoms with Gasteiger partial charge in [-0.2, -0.15) is 0 Å². The molecule has 0 amide bonds. The molecule has 0 unspecified atom stereocenters. The minimum atomic E-state index is 0.0347. The summed E-state index contributed by atoms with van der Waals surface area (Å²) in [7, 11) is 0. The Bertz CT molecular complexity index is 844. The summed E-state index contributed by atoms with van der Waals surface area (Å²) >= 11 is 0. The van der Waals surface area contributed by atoms with E-state index in [2.05, 4.69) is 0 Å². The van der Waals surface area contributed by atoms with E-state index in [9.17, 15) is 9.59 Å². The number of aldehydes is 2. The standard InChI is InChI=1S/C7H9NO.2C7H6O2/c1-5-2-3-6(8)7(9)4-5;2*8-5-6-3-1-2-4-7(6)9/h2-4,9H,8H2,1H3;2*1-5,9H. The number of hydrogen-bond donors (Lipinski definition) is 4. The van der Waals surface area contributed by atoms with Crippen LogP contribution in [0.15, 0.2) is 66.7 Å². The van der Waals surface area contributed by atoms with Crippen molar-refractivity contribution in [2.24, 2.45) is 0 Å². The molecule has 3 aromatic rings. The first-order valence-electron chi connectivity index (χ1n) is 7.90. The van der Waals surface area contributed by atoms with Crippen molar-refractivity contribution in [2.45, 2.75) is 6.92 Å². The van der Waals surface area contributed by atoms with E-state index in [1.807, 2.05) is 13.0 Å². The van der Waals surface area contributed by atoms with E-state index in [0.717, 1.165) is 5.56 Å². The van der Waals surface area contributed by atoms with E-state index in [1.165, 1.54) is 12.1 Å². The topological polar surface area (TPSA) is 121 Å². The molecule has 0 aliphatic rings. The highest BCUT2D eigenvalue weighted by molar-refractivity contribution is 5.79. The number of phenolic OH excluding ortho intramolecular Hbond substituents is 3. The summed E-state index contributed by atoms with van der Waals surface area (Å²) in [6.45, 7) is 1.90. The number of para-hydroxylation sites is 2. The third-order valence-electron chi connectivity index (χ3n) is 3.31. The van der Waals surface area contributed by atoms with Crippen molar-refractivity contribution in [1.82, 2.24) is 0 Å². The van der Waals surface area contributed by atoms with Gasteiger partial charge in [0.2, 0.25) is 0 Å². The van der Waals surface area contributed by atoms with Crippen LogP contribution in [0.1, 0.15) is 26.3 Å². The first-order chi connectivity index (χ1) is 12.9. The maximum absolute atomic E-state index is 10.1. The van der Waals surface area contributed by atoms with Gasteiger partial charge in [-0.15, -0.1) is 0 Å². The Morgan fingerprint density at radius 3 is 1.44 bits per heavy atom. The quantitative estimate of drug-likeness (QED) is 0.311. The van der Waals surface area contributed by atoms with Crippen LogP contribution in [0.25, 0.3) is 0 Å². The molecule has 0 radical (unpaired) electrons. The van der Waals surface area contributed by atoms with Crippen LogP contribution in [0.3, 0.4) is 0 Å². The normalized spacial score (nSPS) is 9.07. The van der Waals surface area contributed by atoms with Gasteiger partial charge in [0.05, 0.1) is 16.8 Å². The lowest BCUT2D eigenvalue weighted by Gasteiger charge is -1.97. The zero-order valence-corrected chi connectivity index (χ0v) is 14.7. The number of aromatic hydroxyl groups is 3. The molecule has 0 aliphatic carbocycles. The summed E-state index contributed by atoms with van der Waals surface area (Å²) in [6, 6.07) is 18.0. The highest BCUT2D eigenvalue weighted by atomic mass is 16.3.